The summed E-state index contributed by atoms with van der Waals surface area (Å²) < 4.78 is 37.5. The third-order valence-corrected chi connectivity index (χ3v) is 6.57. The van der Waals surface area contributed by atoms with Gasteiger partial charge in [-0.1, -0.05) is 31.2 Å². The Hall–Kier alpha value is -3.27. The second-order valence-corrected chi connectivity index (χ2v) is 10.5. The number of nitrogens with zero attached hydrogens (tertiary/aromatic N) is 2. The van der Waals surface area contributed by atoms with E-state index in [0.29, 0.717) is 24.5 Å². The topological polar surface area (TPSA) is 105 Å². The molecule has 2 aromatic rings. The molecule has 9 nitrogen and oxygen atoms in total. The maximum Gasteiger partial charge on any atom is 0.244 e. The highest BCUT2D eigenvalue weighted by Gasteiger charge is 2.32. The summed E-state index contributed by atoms with van der Waals surface area (Å²) in [6, 6.07) is 12.9. The molecule has 198 valence electrons. The van der Waals surface area contributed by atoms with E-state index in [0.717, 1.165) is 16.1 Å². The zero-order chi connectivity index (χ0) is 26.9. The van der Waals surface area contributed by atoms with Gasteiger partial charge >= 0.3 is 0 Å². The lowest BCUT2D eigenvalue weighted by atomic mass is 10.1. The minimum atomic E-state index is -3.85. The van der Waals surface area contributed by atoms with Gasteiger partial charge in [0.05, 0.1) is 25.7 Å². The van der Waals surface area contributed by atoms with Gasteiger partial charge in [0.1, 0.15) is 24.1 Å². The molecule has 36 heavy (non-hydrogen) atoms. The Morgan fingerprint density at radius 1 is 1.03 bits per heavy atom. The molecule has 0 aliphatic heterocycles. The zero-order valence-corrected chi connectivity index (χ0v) is 22.7. The Bertz CT molecular complexity index is 1120. The number of benzene rings is 2. The van der Waals surface area contributed by atoms with Crippen LogP contribution in [0.5, 0.6) is 11.5 Å². The Labute approximate surface area is 214 Å². The van der Waals surface area contributed by atoms with Crippen LogP contribution in [-0.2, 0) is 26.2 Å². The van der Waals surface area contributed by atoms with E-state index in [1.807, 2.05) is 32.9 Å². The molecule has 10 heteroatoms. The van der Waals surface area contributed by atoms with Crippen molar-refractivity contribution < 1.29 is 27.5 Å². The van der Waals surface area contributed by atoms with Crippen molar-refractivity contribution in [2.45, 2.75) is 52.7 Å². The molecule has 0 saturated heterocycles. The van der Waals surface area contributed by atoms with E-state index in [1.165, 1.54) is 4.90 Å². The number of sulfonamides is 1. The molecule has 1 N–H and O–H groups in total. The van der Waals surface area contributed by atoms with E-state index in [4.69, 9.17) is 9.47 Å². The molecule has 0 heterocycles. The largest absolute Gasteiger partial charge is 0.497 e. The lowest BCUT2D eigenvalue weighted by molar-refractivity contribution is -0.140. The second kappa shape index (κ2) is 13.2. The van der Waals surface area contributed by atoms with Gasteiger partial charge in [-0.3, -0.25) is 13.9 Å². The van der Waals surface area contributed by atoms with Crippen molar-refractivity contribution in [3.8, 4) is 11.5 Å². The van der Waals surface area contributed by atoms with Gasteiger partial charge in [0, 0.05) is 12.6 Å². The Balaban J connectivity index is 2.48. The number of hydrogen-bond donors (Lipinski definition) is 1. The monoisotopic (exact) mass is 519 g/mol. The number of amides is 2. The first-order chi connectivity index (χ1) is 17.0. The van der Waals surface area contributed by atoms with Crippen molar-refractivity contribution in [3.05, 3.63) is 54.1 Å². The van der Waals surface area contributed by atoms with Crippen LogP contribution in [0.25, 0.3) is 0 Å². The SMILES string of the molecule is CCOc1ccccc1N(CC(=O)N(Cc1ccc(OC)cc1)[C@@H](CC)C(=O)NC(C)C)S(C)(=O)=O. The lowest BCUT2D eigenvalue weighted by Crippen LogP contribution is -2.53. The molecule has 0 aliphatic rings. The first-order valence-corrected chi connectivity index (χ1v) is 13.8. The predicted octanol–water partition coefficient (Wildman–Crippen LogP) is 3.19. The third kappa shape index (κ3) is 7.87. The van der Waals surface area contributed by atoms with Crippen molar-refractivity contribution in [2.75, 3.05) is 30.8 Å². The van der Waals surface area contributed by atoms with Gasteiger partial charge in [-0.15, -0.1) is 0 Å². The number of nitrogens with one attached hydrogen (secondary N) is 1. The Kier molecular flexibility index (Phi) is 10.6. The number of carbonyl (C=O) groups is 2. The molecule has 0 radical (unpaired) electrons. The zero-order valence-electron chi connectivity index (χ0n) is 21.9. The van der Waals surface area contributed by atoms with Crippen LogP contribution in [-0.4, -0.2) is 63.7 Å². The second-order valence-electron chi connectivity index (χ2n) is 8.63. The quantitative estimate of drug-likeness (QED) is 0.436. The van der Waals surface area contributed by atoms with Crippen LogP contribution in [0.15, 0.2) is 48.5 Å². The number of ether oxygens (including phenoxy) is 2. The predicted molar refractivity (Wildman–Crippen MR) is 141 cm³/mol. The van der Waals surface area contributed by atoms with Gasteiger partial charge in [-0.05, 0) is 57.0 Å². The standard InChI is InChI=1S/C26H37N3O6S/c1-7-22(26(31)27-19(3)4)28(17-20-13-15-21(34-5)16-14-20)25(30)18-29(36(6,32)33)23-11-9-10-12-24(23)35-8-2/h9-16,19,22H,7-8,17-18H2,1-6H3,(H,27,31)/t22-/m0/s1. The molecule has 2 amide bonds. The Morgan fingerprint density at radius 3 is 2.19 bits per heavy atom. The summed E-state index contributed by atoms with van der Waals surface area (Å²) in [6.45, 7) is 7.27. The molecule has 2 rings (SSSR count). The van der Waals surface area contributed by atoms with Crippen molar-refractivity contribution >= 4 is 27.5 Å². The van der Waals surface area contributed by atoms with E-state index in [1.54, 1.807) is 50.4 Å². The molecule has 0 aromatic heterocycles. The highest BCUT2D eigenvalue weighted by Crippen LogP contribution is 2.30. The summed E-state index contributed by atoms with van der Waals surface area (Å²) in [4.78, 5) is 28.2. The van der Waals surface area contributed by atoms with Crippen LogP contribution in [0.4, 0.5) is 5.69 Å². The smallest absolute Gasteiger partial charge is 0.244 e. The van der Waals surface area contributed by atoms with Crippen LogP contribution in [0.3, 0.4) is 0 Å². The molecule has 0 aliphatic carbocycles. The maximum absolute atomic E-state index is 13.7. The molecule has 0 spiro atoms. The summed E-state index contributed by atoms with van der Waals surface area (Å²) in [7, 11) is -2.29. The van der Waals surface area contributed by atoms with E-state index < -0.39 is 28.5 Å². The van der Waals surface area contributed by atoms with Crippen molar-refractivity contribution in [1.82, 2.24) is 10.2 Å². The first-order valence-electron chi connectivity index (χ1n) is 11.9. The molecule has 1 atom stereocenters. The average molecular weight is 520 g/mol. The maximum atomic E-state index is 13.7. The van der Waals surface area contributed by atoms with E-state index in [9.17, 15) is 18.0 Å². The average Bonchev–Trinajstić information content (AvgIpc) is 2.82. The van der Waals surface area contributed by atoms with Crippen LogP contribution in [0.1, 0.15) is 39.7 Å². The number of rotatable bonds is 13. The fraction of sp³-hybridized carbons (Fsp3) is 0.462. The molecule has 0 bridgehead atoms. The van der Waals surface area contributed by atoms with E-state index >= 15 is 0 Å². The molecule has 0 saturated carbocycles. The van der Waals surface area contributed by atoms with Crippen molar-refractivity contribution in [2.24, 2.45) is 0 Å². The van der Waals surface area contributed by atoms with E-state index in [2.05, 4.69) is 5.32 Å². The van der Waals surface area contributed by atoms with Gasteiger partial charge in [-0.2, -0.15) is 0 Å². The van der Waals surface area contributed by atoms with Crippen molar-refractivity contribution in [1.29, 1.82) is 0 Å². The molecular formula is C26H37N3O6S. The van der Waals surface area contributed by atoms with Crippen molar-refractivity contribution in [3.63, 3.8) is 0 Å². The minimum Gasteiger partial charge on any atom is -0.497 e. The fourth-order valence-corrected chi connectivity index (χ4v) is 4.62. The van der Waals surface area contributed by atoms with E-state index in [-0.39, 0.29) is 24.2 Å². The fourth-order valence-electron chi connectivity index (χ4n) is 3.76. The number of carbonyl (C=O) groups excluding carboxylic acids is 2. The number of hydrogen-bond acceptors (Lipinski definition) is 6. The summed E-state index contributed by atoms with van der Waals surface area (Å²) in [5, 5.41) is 2.87. The van der Waals surface area contributed by atoms with Gasteiger partial charge in [0.2, 0.25) is 21.8 Å². The van der Waals surface area contributed by atoms with Crippen LogP contribution >= 0.6 is 0 Å². The Morgan fingerprint density at radius 2 is 1.67 bits per heavy atom. The highest BCUT2D eigenvalue weighted by atomic mass is 32.2. The number of para-hydroxylation sites is 2. The molecular weight excluding hydrogens is 482 g/mol. The third-order valence-electron chi connectivity index (χ3n) is 5.44. The lowest BCUT2D eigenvalue weighted by Gasteiger charge is -2.33. The van der Waals surface area contributed by atoms with Gasteiger partial charge < -0.3 is 19.7 Å². The van der Waals surface area contributed by atoms with Gasteiger partial charge in [0.25, 0.3) is 0 Å². The van der Waals surface area contributed by atoms with Crippen LogP contribution < -0.4 is 19.1 Å². The van der Waals surface area contributed by atoms with Crippen LogP contribution in [0, 0.1) is 0 Å². The number of anilines is 1. The van der Waals surface area contributed by atoms with Gasteiger partial charge in [-0.25, -0.2) is 8.42 Å². The molecule has 2 aromatic carbocycles. The first kappa shape index (κ1) is 29.0. The normalized spacial score (nSPS) is 12.1. The summed E-state index contributed by atoms with van der Waals surface area (Å²) in [6.07, 6.45) is 1.40. The summed E-state index contributed by atoms with van der Waals surface area (Å²) >= 11 is 0. The van der Waals surface area contributed by atoms with Gasteiger partial charge in [0.15, 0.2) is 0 Å². The highest BCUT2D eigenvalue weighted by molar-refractivity contribution is 7.92. The summed E-state index contributed by atoms with van der Waals surface area (Å²) in [5.74, 6) is 0.213. The summed E-state index contributed by atoms with van der Waals surface area (Å²) in [5.41, 5.74) is 1.04. The number of methoxy groups -OCH3 is 1. The minimum absolute atomic E-state index is 0.116. The van der Waals surface area contributed by atoms with Crippen LogP contribution in [0.2, 0.25) is 0 Å². The molecule has 0 unspecified atom stereocenters. The molecule has 0 fully saturated rings.